The fourth-order valence-electron chi connectivity index (χ4n) is 0.739. The van der Waals surface area contributed by atoms with Gasteiger partial charge in [-0.15, -0.1) is 0 Å². The lowest BCUT2D eigenvalue weighted by molar-refractivity contribution is -0.208. The zero-order valence-corrected chi connectivity index (χ0v) is 7.79. The van der Waals surface area contributed by atoms with E-state index in [1.54, 1.807) is 6.92 Å². The molecule has 0 aromatic carbocycles. The van der Waals surface area contributed by atoms with Gasteiger partial charge < -0.3 is 14.2 Å². The van der Waals surface area contributed by atoms with Crippen LogP contribution in [0.3, 0.4) is 0 Å². The van der Waals surface area contributed by atoms with E-state index in [2.05, 4.69) is 0 Å². The van der Waals surface area contributed by atoms with Gasteiger partial charge in [0.15, 0.2) is 0 Å². The van der Waals surface area contributed by atoms with Gasteiger partial charge in [-0.2, -0.15) is 5.26 Å². The van der Waals surface area contributed by atoms with Crippen LogP contribution >= 0.6 is 0 Å². The average Bonchev–Trinajstić information content (AvgIpc) is 2.13. The van der Waals surface area contributed by atoms with Crippen LogP contribution < -0.4 is 0 Å². The molecule has 0 aliphatic carbocycles. The first-order valence-electron chi connectivity index (χ1n) is 3.92. The molecule has 0 amide bonds. The van der Waals surface area contributed by atoms with E-state index in [9.17, 15) is 0 Å². The molecule has 0 aliphatic heterocycles. The minimum atomic E-state index is -1.23. The van der Waals surface area contributed by atoms with Crippen molar-refractivity contribution in [2.45, 2.75) is 19.6 Å². The summed E-state index contributed by atoms with van der Waals surface area (Å²) in [5, 5.41) is 8.75. The standard InChI is InChI=1S/C8H15NO3/c1-4-11-7-8(6-9,10-3)12-5-2/h4-5,7H2,1-3H3. The van der Waals surface area contributed by atoms with Gasteiger partial charge >= 0.3 is 0 Å². The molecule has 0 saturated heterocycles. The summed E-state index contributed by atoms with van der Waals surface area (Å²) >= 11 is 0. The van der Waals surface area contributed by atoms with Gasteiger partial charge in [-0.1, -0.05) is 0 Å². The van der Waals surface area contributed by atoms with Crippen molar-refractivity contribution in [3.8, 4) is 6.07 Å². The third kappa shape index (κ3) is 3.18. The first-order valence-corrected chi connectivity index (χ1v) is 3.92. The fourth-order valence-corrected chi connectivity index (χ4v) is 0.739. The molecule has 0 radical (unpaired) electrons. The summed E-state index contributed by atoms with van der Waals surface area (Å²) in [6.45, 7) is 4.76. The van der Waals surface area contributed by atoms with Crippen molar-refractivity contribution in [2.24, 2.45) is 0 Å². The van der Waals surface area contributed by atoms with Crippen molar-refractivity contribution in [2.75, 3.05) is 26.9 Å². The third-order valence-electron chi connectivity index (χ3n) is 1.37. The Labute approximate surface area is 73.0 Å². The van der Waals surface area contributed by atoms with Crippen LogP contribution in [0.4, 0.5) is 0 Å². The number of hydrogen-bond donors (Lipinski definition) is 0. The molecular formula is C8H15NO3. The maximum Gasteiger partial charge on any atom is 0.283 e. The van der Waals surface area contributed by atoms with Gasteiger partial charge in [0.05, 0.1) is 0 Å². The van der Waals surface area contributed by atoms with Crippen LogP contribution in [0.2, 0.25) is 0 Å². The molecular weight excluding hydrogens is 158 g/mol. The van der Waals surface area contributed by atoms with Gasteiger partial charge in [0.2, 0.25) is 0 Å². The highest BCUT2D eigenvalue weighted by molar-refractivity contribution is 4.93. The SMILES string of the molecule is CCOCC(C#N)(OC)OCC. The van der Waals surface area contributed by atoms with Gasteiger partial charge in [-0.3, -0.25) is 0 Å². The van der Waals surface area contributed by atoms with E-state index in [1.807, 2.05) is 13.0 Å². The molecule has 12 heavy (non-hydrogen) atoms. The highest BCUT2D eigenvalue weighted by atomic mass is 16.7. The van der Waals surface area contributed by atoms with Crippen LogP contribution in [0.15, 0.2) is 0 Å². The van der Waals surface area contributed by atoms with Gasteiger partial charge in [0, 0.05) is 20.3 Å². The third-order valence-corrected chi connectivity index (χ3v) is 1.37. The quantitative estimate of drug-likeness (QED) is 0.560. The highest BCUT2D eigenvalue weighted by Gasteiger charge is 2.30. The van der Waals surface area contributed by atoms with Crippen molar-refractivity contribution in [1.82, 2.24) is 0 Å². The van der Waals surface area contributed by atoms with Crippen LogP contribution in [0.5, 0.6) is 0 Å². The van der Waals surface area contributed by atoms with Gasteiger partial charge in [0.25, 0.3) is 5.79 Å². The Morgan fingerprint density at radius 1 is 1.33 bits per heavy atom. The second kappa shape index (κ2) is 5.95. The Morgan fingerprint density at radius 3 is 2.33 bits per heavy atom. The average molecular weight is 173 g/mol. The zero-order chi connectivity index (χ0) is 9.45. The Balaban J connectivity index is 4.07. The second-order valence-electron chi connectivity index (χ2n) is 2.14. The molecule has 0 bridgehead atoms. The summed E-state index contributed by atoms with van der Waals surface area (Å²) in [4.78, 5) is 0. The van der Waals surface area contributed by atoms with Crippen LogP contribution in [-0.2, 0) is 14.2 Å². The minimum absolute atomic E-state index is 0.143. The molecule has 0 heterocycles. The Morgan fingerprint density at radius 2 is 2.00 bits per heavy atom. The number of ether oxygens (including phenoxy) is 3. The summed E-state index contributed by atoms with van der Waals surface area (Å²) in [5.74, 6) is -1.23. The van der Waals surface area contributed by atoms with E-state index in [4.69, 9.17) is 19.5 Å². The maximum atomic E-state index is 8.75. The van der Waals surface area contributed by atoms with E-state index >= 15 is 0 Å². The lowest BCUT2D eigenvalue weighted by Crippen LogP contribution is -2.38. The van der Waals surface area contributed by atoms with Crippen molar-refractivity contribution in [3.63, 3.8) is 0 Å². The molecule has 0 aromatic rings. The molecule has 0 spiro atoms. The van der Waals surface area contributed by atoms with Crippen LogP contribution in [0.1, 0.15) is 13.8 Å². The molecule has 0 rings (SSSR count). The van der Waals surface area contributed by atoms with Crippen molar-refractivity contribution < 1.29 is 14.2 Å². The van der Waals surface area contributed by atoms with Gasteiger partial charge in [-0.25, -0.2) is 0 Å². The molecule has 1 unspecified atom stereocenters. The Hall–Kier alpha value is -0.630. The van der Waals surface area contributed by atoms with Crippen LogP contribution in [0, 0.1) is 11.3 Å². The normalized spacial score (nSPS) is 15.2. The van der Waals surface area contributed by atoms with E-state index in [0.717, 1.165) is 0 Å². The van der Waals surface area contributed by atoms with E-state index in [-0.39, 0.29) is 6.61 Å². The molecule has 4 nitrogen and oxygen atoms in total. The molecule has 4 heteroatoms. The summed E-state index contributed by atoms with van der Waals surface area (Å²) < 4.78 is 15.1. The molecule has 0 aromatic heterocycles. The predicted molar refractivity (Wildman–Crippen MR) is 43.5 cm³/mol. The summed E-state index contributed by atoms with van der Waals surface area (Å²) in [7, 11) is 1.43. The Bertz CT molecular complexity index is 155. The summed E-state index contributed by atoms with van der Waals surface area (Å²) in [6.07, 6.45) is 0. The summed E-state index contributed by atoms with van der Waals surface area (Å²) in [5.41, 5.74) is 0. The number of nitriles is 1. The lowest BCUT2D eigenvalue weighted by Gasteiger charge is -2.23. The van der Waals surface area contributed by atoms with Crippen LogP contribution in [-0.4, -0.2) is 32.7 Å². The fraction of sp³-hybridized carbons (Fsp3) is 0.875. The largest absolute Gasteiger partial charge is 0.375 e. The number of nitrogens with zero attached hydrogens (tertiary/aromatic N) is 1. The van der Waals surface area contributed by atoms with Gasteiger partial charge in [0.1, 0.15) is 12.7 Å². The molecule has 1 atom stereocenters. The van der Waals surface area contributed by atoms with Crippen molar-refractivity contribution >= 4 is 0 Å². The molecule has 0 fully saturated rings. The first-order chi connectivity index (χ1) is 5.74. The monoisotopic (exact) mass is 173 g/mol. The number of rotatable bonds is 6. The molecule has 0 saturated carbocycles. The lowest BCUT2D eigenvalue weighted by atomic mass is 10.3. The molecule has 70 valence electrons. The van der Waals surface area contributed by atoms with Crippen molar-refractivity contribution in [1.29, 1.82) is 5.26 Å². The predicted octanol–water partition coefficient (Wildman–Crippen LogP) is 0.926. The first kappa shape index (κ1) is 11.4. The van der Waals surface area contributed by atoms with Gasteiger partial charge in [-0.05, 0) is 13.8 Å². The molecule has 0 N–H and O–H groups in total. The van der Waals surface area contributed by atoms with E-state index in [0.29, 0.717) is 13.2 Å². The zero-order valence-electron chi connectivity index (χ0n) is 7.79. The van der Waals surface area contributed by atoms with E-state index in [1.165, 1.54) is 7.11 Å². The van der Waals surface area contributed by atoms with Crippen molar-refractivity contribution in [3.05, 3.63) is 0 Å². The van der Waals surface area contributed by atoms with Crippen LogP contribution in [0.25, 0.3) is 0 Å². The van der Waals surface area contributed by atoms with E-state index < -0.39 is 5.79 Å². The second-order valence-corrected chi connectivity index (χ2v) is 2.14. The minimum Gasteiger partial charge on any atom is -0.375 e. The highest BCUT2D eigenvalue weighted by Crippen LogP contribution is 2.11. The summed E-state index contributed by atoms with van der Waals surface area (Å²) in [6, 6.07) is 1.93. The topological polar surface area (TPSA) is 51.5 Å². The smallest absolute Gasteiger partial charge is 0.283 e. The maximum absolute atomic E-state index is 8.75. The molecule has 0 aliphatic rings. The Kier molecular flexibility index (Phi) is 5.64. The number of methoxy groups -OCH3 is 1. The number of hydrogen-bond acceptors (Lipinski definition) is 4.